The van der Waals surface area contributed by atoms with Gasteiger partial charge in [0.25, 0.3) is 0 Å². The van der Waals surface area contributed by atoms with Gasteiger partial charge in [-0.2, -0.15) is 0 Å². The van der Waals surface area contributed by atoms with Gasteiger partial charge in [0.15, 0.2) is 6.29 Å². The highest BCUT2D eigenvalue weighted by molar-refractivity contribution is 5.90. The molecule has 2 atom stereocenters. The fourth-order valence-electron chi connectivity index (χ4n) is 3.52. The number of halogens is 1. The topological polar surface area (TPSA) is 143 Å². The summed E-state index contributed by atoms with van der Waals surface area (Å²) in [6, 6.07) is 13.7. The number of hydrogen-bond donors (Lipinski definition) is 5. The lowest BCUT2D eigenvalue weighted by molar-refractivity contribution is 0.0415. The van der Waals surface area contributed by atoms with E-state index in [-0.39, 0.29) is 22.8 Å². The van der Waals surface area contributed by atoms with Crippen LogP contribution in [0, 0.1) is 5.82 Å². The second kappa shape index (κ2) is 9.76. The summed E-state index contributed by atoms with van der Waals surface area (Å²) in [5.74, 6) is -0.386. The molecule has 2 unspecified atom stereocenters. The van der Waals surface area contributed by atoms with E-state index in [1.807, 2.05) is 6.07 Å². The predicted octanol–water partition coefficient (Wildman–Crippen LogP) is 3.30. The highest BCUT2D eigenvalue weighted by Crippen LogP contribution is 2.29. The highest BCUT2D eigenvalue weighted by Gasteiger charge is 2.30. The van der Waals surface area contributed by atoms with Crippen LogP contribution in [0.2, 0.25) is 0 Å². The van der Waals surface area contributed by atoms with Crippen LogP contribution in [0.25, 0.3) is 0 Å². The van der Waals surface area contributed by atoms with Gasteiger partial charge in [0, 0.05) is 17.3 Å². The summed E-state index contributed by atoms with van der Waals surface area (Å²) in [5.41, 5.74) is 12.7. The van der Waals surface area contributed by atoms with E-state index in [4.69, 9.17) is 11.5 Å². The SMILES string of the molecule is CC(C)(O)C(NC(=O)Nc1cc(N)c(C(N)c2ccc(F)cc2)c(C=O)n1)c1ccccc1. The third-order valence-corrected chi connectivity index (χ3v) is 5.13. The average molecular weight is 452 g/mol. The number of nitrogens with two attached hydrogens (primary N) is 2. The Kier molecular flexibility index (Phi) is 7.05. The van der Waals surface area contributed by atoms with E-state index in [1.165, 1.54) is 30.3 Å². The third kappa shape index (κ3) is 5.71. The van der Waals surface area contributed by atoms with E-state index in [9.17, 15) is 19.1 Å². The van der Waals surface area contributed by atoms with E-state index in [0.717, 1.165) is 0 Å². The number of anilines is 2. The largest absolute Gasteiger partial charge is 0.398 e. The van der Waals surface area contributed by atoms with Gasteiger partial charge < -0.3 is 21.9 Å². The summed E-state index contributed by atoms with van der Waals surface area (Å²) in [6.45, 7) is 3.16. The summed E-state index contributed by atoms with van der Waals surface area (Å²) >= 11 is 0. The molecule has 2 amide bonds. The number of pyridine rings is 1. The molecule has 0 radical (unpaired) electrons. The van der Waals surface area contributed by atoms with Crippen LogP contribution in [0.15, 0.2) is 60.7 Å². The van der Waals surface area contributed by atoms with Crippen LogP contribution >= 0.6 is 0 Å². The normalized spacial score (nSPS) is 13.1. The van der Waals surface area contributed by atoms with Crippen molar-refractivity contribution >= 4 is 23.8 Å². The molecule has 7 N–H and O–H groups in total. The van der Waals surface area contributed by atoms with E-state index in [1.54, 1.807) is 38.1 Å². The van der Waals surface area contributed by atoms with Gasteiger partial charge in [-0.3, -0.25) is 10.1 Å². The summed E-state index contributed by atoms with van der Waals surface area (Å²) < 4.78 is 13.2. The molecule has 33 heavy (non-hydrogen) atoms. The van der Waals surface area contributed by atoms with Gasteiger partial charge in [-0.15, -0.1) is 0 Å². The number of aliphatic hydroxyl groups is 1. The van der Waals surface area contributed by atoms with E-state index in [0.29, 0.717) is 17.4 Å². The number of nitrogens with zero attached hydrogens (tertiary/aromatic N) is 1. The van der Waals surface area contributed by atoms with Gasteiger partial charge in [-0.25, -0.2) is 14.2 Å². The maximum atomic E-state index is 13.2. The van der Waals surface area contributed by atoms with Gasteiger partial charge in [0.1, 0.15) is 17.3 Å². The van der Waals surface area contributed by atoms with Crippen molar-refractivity contribution in [1.82, 2.24) is 10.3 Å². The third-order valence-electron chi connectivity index (χ3n) is 5.13. The van der Waals surface area contributed by atoms with Gasteiger partial charge >= 0.3 is 6.03 Å². The van der Waals surface area contributed by atoms with Crippen LogP contribution in [0.5, 0.6) is 0 Å². The smallest absolute Gasteiger partial charge is 0.320 e. The van der Waals surface area contributed by atoms with Crippen molar-refractivity contribution in [2.75, 3.05) is 11.1 Å². The monoisotopic (exact) mass is 451 g/mol. The van der Waals surface area contributed by atoms with Crippen LogP contribution in [-0.4, -0.2) is 28.0 Å². The average Bonchev–Trinajstić information content (AvgIpc) is 2.77. The lowest BCUT2D eigenvalue weighted by Crippen LogP contribution is -2.44. The van der Waals surface area contributed by atoms with Crippen LogP contribution in [0.1, 0.15) is 53.1 Å². The number of aromatic nitrogens is 1. The number of hydrogen-bond acceptors (Lipinski definition) is 6. The minimum Gasteiger partial charge on any atom is -0.398 e. The molecule has 0 bridgehead atoms. The standard InChI is InChI=1S/C24H26FN5O3/c1-24(2,33)22(15-6-4-3-5-7-15)30-23(32)29-19-12-17(26)20(18(13-31)28-19)21(27)14-8-10-16(25)11-9-14/h3-13,21-22,33H,27H2,1-2H3,(H4,26,28,29,30,32). The number of benzene rings is 2. The first-order valence-electron chi connectivity index (χ1n) is 10.2. The van der Waals surface area contributed by atoms with Gasteiger partial charge in [-0.05, 0) is 37.1 Å². The van der Waals surface area contributed by atoms with Gasteiger partial charge in [-0.1, -0.05) is 42.5 Å². The molecule has 3 aromatic rings. The minimum absolute atomic E-state index is 0.0321. The first-order valence-corrected chi connectivity index (χ1v) is 10.2. The Bertz CT molecular complexity index is 1130. The molecule has 0 fully saturated rings. The predicted molar refractivity (Wildman–Crippen MR) is 124 cm³/mol. The Morgan fingerprint density at radius 1 is 1.12 bits per heavy atom. The number of nitrogen functional groups attached to an aromatic ring is 1. The molecule has 1 heterocycles. The Morgan fingerprint density at radius 3 is 2.33 bits per heavy atom. The van der Waals surface area contributed by atoms with Gasteiger partial charge in [0.2, 0.25) is 0 Å². The molecule has 0 aliphatic carbocycles. The minimum atomic E-state index is -1.26. The van der Waals surface area contributed by atoms with E-state index in [2.05, 4.69) is 15.6 Å². The maximum absolute atomic E-state index is 13.2. The zero-order valence-electron chi connectivity index (χ0n) is 18.2. The van der Waals surface area contributed by atoms with E-state index < -0.39 is 29.5 Å². The fraction of sp³-hybridized carbons (Fsp3) is 0.208. The molecule has 0 spiro atoms. The van der Waals surface area contributed by atoms with Crippen LogP contribution < -0.4 is 22.1 Å². The summed E-state index contributed by atoms with van der Waals surface area (Å²) in [6.07, 6.45) is 0.488. The molecule has 3 rings (SSSR count). The summed E-state index contributed by atoms with van der Waals surface area (Å²) in [5, 5.41) is 15.8. The number of nitrogens with one attached hydrogen (secondary N) is 2. The lowest BCUT2D eigenvalue weighted by atomic mass is 9.92. The molecular formula is C24H26FN5O3. The summed E-state index contributed by atoms with van der Waals surface area (Å²) in [7, 11) is 0. The molecule has 1 aromatic heterocycles. The van der Waals surface area contributed by atoms with Crippen molar-refractivity contribution in [3.05, 3.63) is 88.9 Å². The van der Waals surface area contributed by atoms with E-state index >= 15 is 0 Å². The number of urea groups is 1. The number of aldehydes is 1. The number of carbonyl (C=O) groups is 2. The molecule has 0 aliphatic heterocycles. The van der Waals surface area contributed by atoms with Crippen molar-refractivity contribution in [1.29, 1.82) is 0 Å². The van der Waals surface area contributed by atoms with Crippen molar-refractivity contribution < 1.29 is 19.1 Å². The highest BCUT2D eigenvalue weighted by atomic mass is 19.1. The lowest BCUT2D eigenvalue weighted by Gasteiger charge is -2.30. The quantitative estimate of drug-likeness (QED) is 0.349. The second-order valence-electron chi connectivity index (χ2n) is 8.14. The first-order chi connectivity index (χ1) is 15.6. The van der Waals surface area contributed by atoms with Gasteiger partial charge in [0.05, 0.1) is 17.7 Å². The molecule has 0 saturated carbocycles. The molecule has 0 saturated heterocycles. The molecule has 2 aromatic carbocycles. The molecule has 0 aliphatic rings. The molecule has 172 valence electrons. The number of rotatable bonds is 7. The number of carbonyl (C=O) groups excluding carboxylic acids is 2. The van der Waals surface area contributed by atoms with Crippen molar-refractivity contribution in [3.63, 3.8) is 0 Å². The zero-order chi connectivity index (χ0) is 24.2. The van der Waals surface area contributed by atoms with Crippen molar-refractivity contribution in [2.24, 2.45) is 5.73 Å². The Balaban J connectivity index is 1.84. The Hall–Kier alpha value is -3.82. The Morgan fingerprint density at radius 2 is 1.76 bits per heavy atom. The molecular weight excluding hydrogens is 425 g/mol. The van der Waals surface area contributed by atoms with Crippen molar-refractivity contribution in [2.45, 2.75) is 31.5 Å². The zero-order valence-corrected chi connectivity index (χ0v) is 18.2. The second-order valence-corrected chi connectivity index (χ2v) is 8.14. The van der Waals surface area contributed by atoms with Crippen LogP contribution in [0.4, 0.5) is 20.7 Å². The Labute approximate surface area is 190 Å². The van der Waals surface area contributed by atoms with Crippen molar-refractivity contribution in [3.8, 4) is 0 Å². The molecule has 9 heteroatoms. The fourth-order valence-corrected chi connectivity index (χ4v) is 3.52. The van der Waals surface area contributed by atoms with Crippen LogP contribution in [-0.2, 0) is 0 Å². The van der Waals surface area contributed by atoms with Crippen LogP contribution in [0.3, 0.4) is 0 Å². The first kappa shape index (κ1) is 23.8. The maximum Gasteiger partial charge on any atom is 0.320 e. The number of amides is 2. The summed E-state index contributed by atoms with van der Waals surface area (Å²) in [4.78, 5) is 28.5. The molecule has 8 nitrogen and oxygen atoms in total.